The van der Waals surface area contributed by atoms with Gasteiger partial charge in [-0.15, -0.1) is 0 Å². The summed E-state index contributed by atoms with van der Waals surface area (Å²) in [6, 6.07) is 10.4. The number of rotatable bonds is 6. The summed E-state index contributed by atoms with van der Waals surface area (Å²) in [6.45, 7) is 3.51. The maximum absolute atomic E-state index is 10.0. The average Bonchev–Trinajstić information content (AvgIpc) is 3.21. The molecule has 3 rings (SSSR count). The molecule has 2 fully saturated rings. The van der Waals surface area contributed by atoms with Crippen molar-refractivity contribution >= 4 is 0 Å². The molecule has 0 spiro atoms. The van der Waals surface area contributed by atoms with Crippen LogP contribution in [0.2, 0.25) is 0 Å². The molecule has 1 atom stereocenters. The van der Waals surface area contributed by atoms with Crippen molar-refractivity contribution in [2.45, 2.75) is 31.1 Å². The van der Waals surface area contributed by atoms with E-state index in [-0.39, 0.29) is 0 Å². The van der Waals surface area contributed by atoms with Crippen LogP contribution in [0.5, 0.6) is 0 Å². The molecule has 3 heteroatoms. The molecule has 0 aromatic heterocycles. The second-order valence-corrected chi connectivity index (χ2v) is 5.33. The van der Waals surface area contributed by atoms with E-state index < -0.39 is 5.60 Å². The van der Waals surface area contributed by atoms with E-state index in [9.17, 15) is 5.11 Å². The van der Waals surface area contributed by atoms with Gasteiger partial charge in [0.2, 0.25) is 0 Å². The van der Waals surface area contributed by atoms with E-state index in [4.69, 9.17) is 4.74 Å². The summed E-state index contributed by atoms with van der Waals surface area (Å²) in [7, 11) is 0. The molecular formula is C14H19NO2. The first kappa shape index (κ1) is 11.2. The Morgan fingerprint density at radius 2 is 2.00 bits per heavy atom. The first-order chi connectivity index (χ1) is 8.23. The third kappa shape index (κ3) is 3.28. The molecule has 0 bridgehead atoms. The molecule has 1 saturated heterocycles. The number of nitrogens with zero attached hydrogens (tertiary/aromatic N) is 1. The van der Waals surface area contributed by atoms with Crippen molar-refractivity contribution in [3.05, 3.63) is 35.9 Å². The van der Waals surface area contributed by atoms with Gasteiger partial charge < -0.3 is 9.84 Å². The van der Waals surface area contributed by atoms with Gasteiger partial charge in [0, 0.05) is 19.6 Å². The molecule has 0 amide bonds. The predicted molar refractivity (Wildman–Crippen MR) is 65.6 cm³/mol. The minimum atomic E-state index is -0.413. The van der Waals surface area contributed by atoms with E-state index in [2.05, 4.69) is 29.2 Å². The Bertz CT molecular complexity index is 371. The molecule has 1 saturated carbocycles. The summed E-state index contributed by atoms with van der Waals surface area (Å²) in [5, 5.41) is 10.0. The van der Waals surface area contributed by atoms with Gasteiger partial charge in [-0.25, -0.2) is 0 Å². The quantitative estimate of drug-likeness (QED) is 0.755. The Kier molecular flexibility index (Phi) is 2.90. The molecule has 1 heterocycles. The van der Waals surface area contributed by atoms with Gasteiger partial charge in [0.15, 0.2) is 0 Å². The summed E-state index contributed by atoms with van der Waals surface area (Å²) < 4.78 is 5.29. The highest BCUT2D eigenvalue weighted by molar-refractivity contribution is 5.14. The van der Waals surface area contributed by atoms with E-state index in [1.54, 1.807) is 0 Å². The number of aliphatic hydroxyl groups is 1. The second kappa shape index (κ2) is 4.41. The van der Waals surface area contributed by atoms with E-state index in [0.717, 1.165) is 39.1 Å². The third-order valence-corrected chi connectivity index (χ3v) is 3.46. The van der Waals surface area contributed by atoms with Gasteiger partial charge in [-0.05, 0) is 18.4 Å². The monoisotopic (exact) mass is 233 g/mol. The normalized spacial score (nSPS) is 24.9. The Balaban J connectivity index is 1.61. The van der Waals surface area contributed by atoms with Crippen molar-refractivity contribution in [1.29, 1.82) is 0 Å². The van der Waals surface area contributed by atoms with Gasteiger partial charge in [0.1, 0.15) is 0 Å². The van der Waals surface area contributed by atoms with Gasteiger partial charge >= 0.3 is 0 Å². The minimum Gasteiger partial charge on any atom is -0.389 e. The van der Waals surface area contributed by atoms with E-state index in [1.807, 2.05) is 6.07 Å². The zero-order valence-electron chi connectivity index (χ0n) is 10.0. The van der Waals surface area contributed by atoms with Crippen LogP contribution < -0.4 is 0 Å². The lowest BCUT2D eigenvalue weighted by Crippen LogP contribution is -2.35. The Morgan fingerprint density at radius 3 is 2.59 bits per heavy atom. The first-order valence-electron chi connectivity index (χ1n) is 6.34. The van der Waals surface area contributed by atoms with E-state index in [0.29, 0.717) is 6.10 Å². The van der Waals surface area contributed by atoms with Gasteiger partial charge in [0.25, 0.3) is 0 Å². The highest BCUT2D eigenvalue weighted by Gasteiger charge is 2.42. The molecule has 1 N–H and O–H groups in total. The number of ether oxygens (including phenoxy) is 1. The highest BCUT2D eigenvalue weighted by atomic mass is 16.6. The summed E-state index contributed by atoms with van der Waals surface area (Å²) in [4.78, 5) is 2.32. The Labute approximate surface area is 102 Å². The summed E-state index contributed by atoms with van der Waals surface area (Å²) >= 11 is 0. The number of benzene rings is 1. The van der Waals surface area contributed by atoms with Crippen molar-refractivity contribution in [1.82, 2.24) is 4.90 Å². The van der Waals surface area contributed by atoms with Crippen LogP contribution in [0, 0.1) is 0 Å². The molecule has 3 nitrogen and oxygen atoms in total. The topological polar surface area (TPSA) is 36.0 Å². The van der Waals surface area contributed by atoms with Crippen molar-refractivity contribution in [2.24, 2.45) is 0 Å². The smallest absolute Gasteiger partial charge is 0.0936 e. The van der Waals surface area contributed by atoms with Crippen molar-refractivity contribution in [3.8, 4) is 0 Å². The van der Waals surface area contributed by atoms with Crippen LogP contribution >= 0.6 is 0 Å². The molecular weight excluding hydrogens is 214 g/mol. The molecule has 2 aliphatic rings. The lowest BCUT2D eigenvalue weighted by molar-refractivity contribution is 0.0842. The summed E-state index contributed by atoms with van der Waals surface area (Å²) in [5.74, 6) is 0. The standard InChI is InChI=1S/C14H19NO2/c16-14(6-7-14)11-15(9-13-10-17-13)8-12-4-2-1-3-5-12/h1-5,13,16H,6-11H2/t13-/m1/s1. The summed E-state index contributed by atoms with van der Waals surface area (Å²) in [6.07, 6.45) is 2.29. The van der Waals surface area contributed by atoms with Crippen molar-refractivity contribution in [3.63, 3.8) is 0 Å². The van der Waals surface area contributed by atoms with Crippen LogP contribution in [0.3, 0.4) is 0 Å². The number of epoxide rings is 1. The van der Waals surface area contributed by atoms with Crippen molar-refractivity contribution < 1.29 is 9.84 Å². The molecule has 1 aromatic carbocycles. The molecule has 1 aliphatic carbocycles. The van der Waals surface area contributed by atoms with Crippen LogP contribution in [0.15, 0.2) is 30.3 Å². The zero-order valence-corrected chi connectivity index (χ0v) is 10.0. The summed E-state index contributed by atoms with van der Waals surface area (Å²) in [5.41, 5.74) is 0.890. The number of hydrogen-bond acceptors (Lipinski definition) is 3. The predicted octanol–water partition coefficient (Wildman–Crippen LogP) is 1.41. The Morgan fingerprint density at radius 1 is 1.29 bits per heavy atom. The maximum Gasteiger partial charge on any atom is 0.0936 e. The van der Waals surface area contributed by atoms with Gasteiger partial charge in [-0.3, -0.25) is 4.90 Å². The fraction of sp³-hybridized carbons (Fsp3) is 0.571. The van der Waals surface area contributed by atoms with Gasteiger partial charge in [-0.1, -0.05) is 30.3 Å². The van der Waals surface area contributed by atoms with E-state index in [1.165, 1.54) is 5.56 Å². The van der Waals surface area contributed by atoms with Crippen LogP contribution in [0.4, 0.5) is 0 Å². The van der Waals surface area contributed by atoms with Crippen LogP contribution in [-0.2, 0) is 11.3 Å². The third-order valence-electron chi connectivity index (χ3n) is 3.46. The molecule has 0 unspecified atom stereocenters. The second-order valence-electron chi connectivity index (χ2n) is 5.33. The Hall–Kier alpha value is -0.900. The average molecular weight is 233 g/mol. The fourth-order valence-corrected chi connectivity index (χ4v) is 2.21. The minimum absolute atomic E-state index is 0.390. The molecule has 0 radical (unpaired) electrons. The molecule has 1 aliphatic heterocycles. The van der Waals surface area contributed by atoms with Crippen LogP contribution in [0.25, 0.3) is 0 Å². The van der Waals surface area contributed by atoms with Crippen LogP contribution in [-0.4, -0.2) is 41.4 Å². The lowest BCUT2D eigenvalue weighted by atomic mass is 10.2. The molecule has 92 valence electrons. The SMILES string of the molecule is OC1(CN(Cc2ccccc2)C[C@@H]2CO2)CC1. The van der Waals surface area contributed by atoms with Crippen LogP contribution in [0.1, 0.15) is 18.4 Å². The van der Waals surface area contributed by atoms with Crippen molar-refractivity contribution in [2.75, 3.05) is 19.7 Å². The van der Waals surface area contributed by atoms with Gasteiger partial charge in [-0.2, -0.15) is 0 Å². The maximum atomic E-state index is 10.0. The molecule has 1 aromatic rings. The largest absolute Gasteiger partial charge is 0.389 e. The highest BCUT2D eigenvalue weighted by Crippen LogP contribution is 2.36. The first-order valence-corrected chi connectivity index (χ1v) is 6.34. The lowest BCUT2D eigenvalue weighted by Gasteiger charge is -2.24. The fourth-order valence-electron chi connectivity index (χ4n) is 2.21. The van der Waals surface area contributed by atoms with Gasteiger partial charge in [0.05, 0.1) is 18.3 Å². The van der Waals surface area contributed by atoms with E-state index >= 15 is 0 Å². The number of hydrogen-bond donors (Lipinski definition) is 1. The zero-order chi connectivity index (χ0) is 11.7. The molecule has 17 heavy (non-hydrogen) atoms.